The first kappa shape index (κ1) is 19.9. The van der Waals surface area contributed by atoms with Gasteiger partial charge in [-0.3, -0.25) is 0 Å². The fourth-order valence-corrected chi connectivity index (χ4v) is 0.598. The summed E-state index contributed by atoms with van der Waals surface area (Å²) in [6.45, 7) is 17.7. The third-order valence-electron chi connectivity index (χ3n) is 1.55. The normalized spacial score (nSPS) is 7.73. The molecule has 0 saturated carbocycles. The molecular formula is C14H31N. The van der Waals surface area contributed by atoms with Gasteiger partial charge < -0.3 is 5.32 Å². The molecule has 0 fully saturated rings. The highest BCUT2D eigenvalue weighted by Gasteiger charge is 1.71. The molecule has 0 heterocycles. The van der Waals surface area contributed by atoms with Crippen LogP contribution in [0.2, 0.25) is 0 Å². The first-order chi connectivity index (χ1) is 7.24. The van der Waals surface area contributed by atoms with Crippen molar-refractivity contribution in [3.05, 3.63) is 25.3 Å². The molecule has 0 aromatic rings. The second-order valence-corrected chi connectivity index (χ2v) is 3.08. The molecule has 1 nitrogen and oxygen atoms in total. The van der Waals surface area contributed by atoms with Crippen LogP contribution in [0.3, 0.4) is 0 Å². The highest BCUT2D eigenvalue weighted by Crippen LogP contribution is 1.91. The van der Waals surface area contributed by atoms with E-state index in [1.165, 1.54) is 19.3 Å². The summed E-state index contributed by atoms with van der Waals surface area (Å²) in [4.78, 5) is 0. The van der Waals surface area contributed by atoms with Crippen LogP contribution in [-0.2, 0) is 0 Å². The topological polar surface area (TPSA) is 12.0 Å². The number of rotatable bonds is 6. The lowest BCUT2D eigenvalue weighted by molar-refractivity contribution is 0.762. The van der Waals surface area contributed by atoms with E-state index in [9.17, 15) is 0 Å². The van der Waals surface area contributed by atoms with Crippen molar-refractivity contribution in [3.8, 4) is 0 Å². The highest BCUT2D eigenvalue weighted by atomic mass is 14.8. The number of allylic oxidation sites excluding steroid dienone is 2. The van der Waals surface area contributed by atoms with Crippen molar-refractivity contribution in [2.24, 2.45) is 0 Å². The maximum absolute atomic E-state index is 3.60. The Balaban J connectivity index is -0.000000147. The molecular weight excluding hydrogens is 182 g/mol. The third kappa shape index (κ3) is 59.4. The molecule has 0 saturated heterocycles. The molecule has 92 valence electrons. The van der Waals surface area contributed by atoms with E-state index >= 15 is 0 Å². The zero-order chi connectivity index (χ0) is 12.4. The van der Waals surface area contributed by atoms with Gasteiger partial charge >= 0.3 is 0 Å². The van der Waals surface area contributed by atoms with Gasteiger partial charge in [-0.25, -0.2) is 0 Å². The van der Waals surface area contributed by atoms with Crippen molar-refractivity contribution in [1.29, 1.82) is 0 Å². The molecule has 1 heteroatoms. The summed E-state index contributed by atoms with van der Waals surface area (Å²) in [7, 11) is 0. The minimum absolute atomic E-state index is 1.08. The number of nitrogens with one attached hydrogen (secondary N) is 1. The van der Waals surface area contributed by atoms with Crippen molar-refractivity contribution < 1.29 is 0 Å². The maximum atomic E-state index is 3.60. The average Bonchev–Trinajstić information content (AvgIpc) is 2.28. The molecule has 0 aliphatic rings. The van der Waals surface area contributed by atoms with Crippen LogP contribution in [0.4, 0.5) is 0 Å². The molecule has 0 aliphatic heterocycles. The summed E-state index contributed by atoms with van der Waals surface area (Å²) in [5, 5.41) is 3.11. The van der Waals surface area contributed by atoms with Gasteiger partial charge in [0, 0.05) is 0 Å². The van der Waals surface area contributed by atoms with Gasteiger partial charge in [-0.1, -0.05) is 52.7 Å². The molecule has 0 bridgehead atoms. The van der Waals surface area contributed by atoms with Crippen LogP contribution in [0, 0.1) is 0 Å². The zero-order valence-corrected chi connectivity index (χ0v) is 11.3. The minimum Gasteiger partial charge on any atom is -0.317 e. The fraction of sp³-hybridized carbons (Fsp3) is 0.714. The van der Waals surface area contributed by atoms with Crippen molar-refractivity contribution >= 4 is 0 Å². The molecule has 0 aliphatic carbocycles. The number of hydrogen-bond acceptors (Lipinski definition) is 1. The first-order valence-corrected chi connectivity index (χ1v) is 6.17. The molecule has 15 heavy (non-hydrogen) atoms. The van der Waals surface area contributed by atoms with Gasteiger partial charge in [0.25, 0.3) is 0 Å². The summed E-state index contributed by atoms with van der Waals surface area (Å²) in [5.74, 6) is 0. The Morgan fingerprint density at radius 2 is 1.40 bits per heavy atom. The largest absolute Gasteiger partial charge is 0.317 e. The van der Waals surface area contributed by atoms with Gasteiger partial charge in [0.1, 0.15) is 0 Å². The molecule has 0 rings (SSSR count). The quantitative estimate of drug-likeness (QED) is 0.504. The monoisotopic (exact) mass is 213 g/mol. The molecule has 0 atom stereocenters. The summed E-state index contributed by atoms with van der Waals surface area (Å²) < 4.78 is 0. The van der Waals surface area contributed by atoms with Crippen molar-refractivity contribution in [1.82, 2.24) is 5.32 Å². The van der Waals surface area contributed by atoms with Crippen LogP contribution in [0.25, 0.3) is 0 Å². The Morgan fingerprint density at radius 1 is 0.933 bits per heavy atom. The van der Waals surface area contributed by atoms with Gasteiger partial charge in [-0.05, 0) is 25.9 Å². The molecule has 0 unspecified atom stereocenters. The van der Waals surface area contributed by atoms with E-state index in [0.717, 1.165) is 19.5 Å². The smallest absolute Gasteiger partial charge is 0.00775 e. The predicted molar refractivity (Wildman–Crippen MR) is 74.4 cm³/mol. The Labute approximate surface area is 97.7 Å². The third-order valence-corrected chi connectivity index (χ3v) is 1.55. The van der Waals surface area contributed by atoms with E-state index in [0.29, 0.717) is 0 Å². The van der Waals surface area contributed by atoms with Crippen molar-refractivity contribution in [2.75, 3.05) is 13.1 Å². The standard InChI is InChI=1S/C6H12.C4H11N.C4H8/c1-3-5-6-4-2;1-3-5-4-2;1-3-4-2/h3H,1,4-6H2,2H3;5H,3-4H2,1-2H3;3H,1,4H2,2H3. The lowest BCUT2D eigenvalue weighted by Gasteiger charge is -1.86. The maximum Gasteiger partial charge on any atom is -0.00775 e. The van der Waals surface area contributed by atoms with Crippen LogP contribution in [0.15, 0.2) is 25.3 Å². The molecule has 0 radical (unpaired) electrons. The first-order valence-electron chi connectivity index (χ1n) is 6.17. The molecule has 0 aromatic heterocycles. The Bertz CT molecular complexity index is 95.5. The lowest BCUT2D eigenvalue weighted by atomic mass is 10.3. The highest BCUT2D eigenvalue weighted by molar-refractivity contribution is 4.64. The van der Waals surface area contributed by atoms with Gasteiger partial charge in [-0.2, -0.15) is 0 Å². The Kier molecular flexibility index (Phi) is 38.8. The van der Waals surface area contributed by atoms with Gasteiger partial charge in [-0.15, -0.1) is 13.2 Å². The number of hydrogen-bond donors (Lipinski definition) is 1. The van der Waals surface area contributed by atoms with Gasteiger partial charge in [0.05, 0.1) is 0 Å². The SMILES string of the molecule is C=CCC.C=CCCCC.CCNCC. The van der Waals surface area contributed by atoms with Gasteiger partial charge in [0.15, 0.2) is 0 Å². The zero-order valence-electron chi connectivity index (χ0n) is 11.3. The summed E-state index contributed by atoms with van der Waals surface area (Å²) in [5.41, 5.74) is 0. The van der Waals surface area contributed by atoms with Crippen LogP contribution >= 0.6 is 0 Å². The van der Waals surface area contributed by atoms with E-state index in [4.69, 9.17) is 0 Å². The summed E-state index contributed by atoms with van der Waals surface area (Å²) >= 11 is 0. The number of unbranched alkanes of at least 4 members (excludes halogenated alkanes) is 2. The summed E-state index contributed by atoms with van der Waals surface area (Å²) in [6.07, 6.45) is 8.68. The molecule has 1 N–H and O–H groups in total. The molecule has 0 aromatic carbocycles. The van der Waals surface area contributed by atoms with E-state index < -0.39 is 0 Å². The summed E-state index contributed by atoms with van der Waals surface area (Å²) in [6, 6.07) is 0. The van der Waals surface area contributed by atoms with E-state index in [-0.39, 0.29) is 0 Å². The van der Waals surface area contributed by atoms with Crippen LogP contribution in [-0.4, -0.2) is 13.1 Å². The van der Waals surface area contributed by atoms with Crippen molar-refractivity contribution in [2.45, 2.75) is 53.4 Å². The van der Waals surface area contributed by atoms with E-state index in [2.05, 4.69) is 46.2 Å². The van der Waals surface area contributed by atoms with Gasteiger partial charge in [0.2, 0.25) is 0 Å². The average molecular weight is 213 g/mol. The second-order valence-electron chi connectivity index (χ2n) is 3.08. The molecule has 0 amide bonds. The fourth-order valence-electron chi connectivity index (χ4n) is 0.598. The van der Waals surface area contributed by atoms with Crippen molar-refractivity contribution in [3.63, 3.8) is 0 Å². The molecule has 0 spiro atoms. The van der Waals surface area contributed by atoms with E-state index in [1.54, 1.807) is 0 Å². The Hall–Kier alpha value is -0.560. The van der Waals surface area contributed by atoms with E-state index in [1.807, 2.05) is 12.2 Å². The van der Waals surface area contributed by atoms with Crippen LogP contribution < -0.4 is 5.32 Å². The second kappa shape index (κ2) is 29.2. The minimum atomic E-state index is 1.08. The lowest BCUT2D eigenvalue weighted by Crippen LogP contribution is -2.09. The van der Waals surface area contributed by atoms with Crippen LogP contribution in [0.1, 0.15) is 53.4 Å². The van der Waals surface area contributed by atoms with Crippen LogP contribution in [0.5, 0.6) is 0 Å². The Morgan fingerprint density at radius 3 is 1.47 bits per heavy atom. The predicted octanol–water partition coefficient (Wildman–Crippen LogP) is 4.56.